The van der Waals surface area contributed by atoms with Crippen LogP contribution in [0.4, 0.5) is 0 Å². The van der Waals surface area contributed by atoms with Crippen LogP contribution in [0, 0.1) is 0 Å². The molecule has 0 amide bonds. The van der Waals surface area contributed by atoms with Gasteiger partial charge in [-0.1, -0.05) is 6.08 Å². The summed E-state index contributed by atoms with van der Waals surface area (Å²) in [5.74, 6) is 0. The Kier molecular flexibility index (Phi) is 5.09. The van der Waals surface area contributed by atoms with E-state index in [1.165, 1.54) is 12.8 Å². The lowest BCUT2D eigenvalue weighted by molar-refractivity contribution is 0.0792. The van der Waals surface area contributed by atoms with Crippen molar-refractivity contribution in [3.05, 3.63) is 12.7 Å². The quantitative estimate of drug-likeness (QED) is 0.642. The molecule has 2 unspecified atom stereocenters. The van der Waals surface area contributed by atoms with E-state index in [4.69, 9.17) is 4.74 Å². The molecule has 0 aliphatic carbocycles. The SMILES string of the molecule is C=CCCC(O)CCC1CCCO1. The standard InChI is InChI=1S/C11H20O2/c1-2-3-5-10(12)7-8-11-6-4-9-13-11/h2,10-12H,1,3-9H2. The van der Waals surface area contributed by atoms with Crippen molar-refractivity contribution in [1.82, 2.24) is 0 Å². The van der Waals surface area contributed by atoms with Gasteiger partial charge in [0.25, 0.3) is 0 Å². The van der Waals surface area contributed by atoms with E-state index < -0.39 is 0 Å². The zero-order valence-corrected chi connectivity index (χ0v) is 8.24. The highest BCUT2D eigenvalue weighted by atomic mass is 16.5. The number of hydrogen-bond donors (Lipinski definition) is 1. The summed E-state index contributed by atoms with van der Waals surface area (Å²) in [5.41, 5.74) is 0. The van der Waals surface area contributed by atoms with Crippen molar-refractivity contribution in [3.8, 4) is 0 Å². The van der Waals surface area contributed by atoms with Gasteiger partial charge < -0.3 is 9.84 Å². The highest BCUT2D eigenvalue weighted by Gasteiger charge is 2.16. The highest BCUT2D eigenvalue weighted by molar-refractivity contribution is 4.71. The van der Waals surface area contributed by atoms with Crippen LogP contribution in [0.25, 0.3) is 0 Å². The van der Waals surface area contributed by atoms with Crippen molar-refractivity contribution < 1.29 is 9.84 Å². The summed E-state index contributed by atoms with van der Waals surface area (Å²) in [5, 5.41) is 9.54. The summed E-state index contributed by atoms with van der Waals surface area (Å²) in [6, 6.07) is 0. The van der Waals surface area contributed by atoms with Gasteiger partial charge in [-0.05, 0) is 38.5 Å². The van der Waals surface area contributed by atoms with Crippen molar-refractivity contribution in [2.75, 3.05) is 6.61 Å². The van der Waals surface area contributed by atoms with Crippen molar-refractivity contribution in [2.24, 2.45) is 0 Å². The number of aliphatic hydroxyl groups is 1. The molecule has 0 spiro atoms. The predicted octanol–water partition coefficient (Wildman–Crippen LogP) is 2.27. The molecular formula is C11H20O2. The van der Waals surface area contributed by atoms with Gasteiger partial charge in [-0.25, -0.2) is 0 Å². The summed E-state index contributed by atoms with van der Waals surface area (Å²) in [6.07, 6.45) is 8.11. The molecule has 2 nitrogen and oxygen atoms in total. The maximum atomic E-state index is 9.54. The normalized spacial score (nSPS) is 24.5. The summed E-state index contributed by atoms with van der Waals surface area (Å²) in [7, 11) is 0. The molecular weight excluding hydrogens is 164 g/mol. The van der Waals surface area contributed by atoms with E-state index in [2.05, 4.69) is 6.58 Å². The number of rotatable bonds is 6. The highest BCUT2D eigenvalue weighted by Crippen LogP contribution is 2.18. The molecule has 13 heavy (non-hydrogen) atoms. The molecule has 1 aliphatic rings. The Morgan fingerprint density at radius 2 is 2.38 bits per heavy atom. The molecule has 1 aliphatic heterocycles. The van der Waals surface area contributed by atoms with Crippen LogP contribution in [-0.4, -0.2) is 23.9 Å². The molecule has 1 fully saturated rings. The lowest BCUT2D eigenvalue weighted by Gasteiger charge is -2.12. The van der Waals surface area contributed by atoms with Gasteiger partial charge in [0.1, 0.15) is 0 Å². The third kappa shape index (κ3) is 4.44. The summed E-state index contributed by atoms with van der Waals surface area (Å²) < 4.78 is 5.48. The van der Waals surface area contributed by atoms with E-state index in [1.54, 1.807) is 0 Å². The first kappa shape index (κ1) is 10.7. The van der Waals surface area contributed by atoms with Crippen molar-refractivity contribution in [3.63, 3.8) is 0 Å². The minimum absolute atomic E-state index is 0.165. The maximum absolute atomic E-state index is 9.54. The lowest BCUT2D eigenvalue weighted by atomic mass is 10.0. The van der Waals surface area contributed by atoms with E-state index in [1.807, 2.05) is 6.08 Å². The molecule has 2 atom stereocenters. The average molecular weight is 184 g/mol. The topological polar surface area (TPSA) is 29.5 Å². The van der Waals surface area contributed by atoms with E-state index in [0.717, 1.165) is 32.3 Å². The van der Waals surface area contributed by atoms with Gasteiger partial charge in [-0.2, -0.15) is 0 Å². The summed E-state index contributed by atoms with van der Waals surface area (Å²) in [6.45, 7) is 4.54. The molecule has 0 aromatic rings. The van der Waals surface area contributed by atoms with Crippen LogP contribution < -0.4 is 0 Å². The molecule has 0 radical (unpaired) electrons. The second-order valence-corrected chi connectivity index (χ2v) is 3.73. The zero-order chi connectivity index (χ0) is 9.52. The molecule has 1 N–H and O–H groups in total. The molecule has 0 bridgehead atoms. The molecule has 2 heteroatoms. The minimum Gasteiger partial charge on any atom is -0.393 e. The molecule has 1 rings (SSSR count). The third-order valence-corrected chi connectivity index (χ3v) is 2.55. The third-order valence-electron chi connectivity index (χ3n) is 2.55. The van der Waals surface area contributed by atoms with E-state index >= 15 is 0 Å². The second-order valence-electron chi connectivity index (χ2n) is 3.73. The summed E-state index contributed by atoms with van der Waals surface area (Å²) >= 11 is 0. The van der Waals surface area contributed by atoms with Gasteiger partial charge >= 0.3 is 0 Å². The fraction of sp³-hybridized carbons (Fsp3) is 0.818. The van der Waals surface area contributed by atoms with Crippen molar-refractivity contribution in [1.29, 1.82) is 0 Å². The molecule has 1 saturated heterocycles. The molecule has 1 heterocycles. The largest absolute Gasteiger partial charge is 0.393 e. The Hall–Kier alpha value is -0.340. The van der Waals surface area contributed by atoms with Crippen LogP contribution in [0.2, 0.25) is 0 Å². The second kappa shape index (κ2) is 6.17. The monoisotopic (exact) mass is 184 g/mol. The molecule has 76 valence electrons. The van der Waals surface area contributed by atoms with E-state index in [0.29, 0.717) is 6.10 Å². The predicted molar refractivity (Wildman–Crippen MR) is 53.6 cm³/mol. The van der Waals surface area contributed by atoms with Gasteiger partial charge in [-0.15, -0.1) is 6.58 Å². The Morgan fingerprint density at radius 3 is 3.00 bits per heavy atom. The van der Waals surface area contributed by atoms with Crippen LogP contribution in [0.1, 0.15) is 38.5 Å². The first-order chi connectivity index (χ1) is 6.33. The fourth-order valence-corrected chi connectivity index (χ4v) is 1.70. The van der Waals surface area contributed by atoms with Gasteiger partial charge in [-0.3, -0.25) is 0 Å². The number of hydrogen-bond acceptors (Lipinski definition) is 2. The van der Waals surface area contributed by atoms with Gasteiger partial charge in [0.2, 0.25) is 0 Å². The zero-order valence-electron chi connectivity index (χ0n) is 8.24. The van der Waals surface area contributed by atoms with Gasteiger partial charge in [0, 0.05) is 6.61 Å². The smallest absolute Gasteiger partial charge is 0.0577 e. The number of aliphatic hydroxyl groups excluding tert-OH is 1. The molecule has 0 saturated carbocycles. The van der Waals surface area contributed by atoms with Crippen LogP contribution in [-0.2, 0) is 4.74 Å². The number of ether oxygens (including phenoxy) is 1. The van der Waals surface area contributed by atoms with Crippen LogP contribution in [0.3, 0.4) is 0 Å². The number of allylic oxidation sites excluding steroid dienone is 1. The Labute approximate surface area is 80.6 Å². The van der Waals surface area contributed by atoms with Crippen LogP contribution >= 0.6 is 0 Å². The van der Waals surface area contributed by atoms with Crippen LogP contribution in [0.5, 0.6) is 0 Å². The van der Waals surface area contributed by atoms with Crippen molar-refractivity contribution >= 4 is 0 Å². The first-order valence-corrected chi connectivity index (χ1v) is 5.23. The van der Waals surface area contributed by atoms with E-state index in [9.17, 15) is 5.11 Å². The van der Waals surface area contributed by atoms with Gasteiger partial charge in [0.15, 0.2) is 0 Å². The Bertz CT molecular complexity index is 139. The average Bonchev–Trinajstić information content (AvgIpc) is 2.64. The first-order valence-electron chi connectivity index (χ1n) is 5.23. The van der Waals surface area contributed by atoms with Crippen molar-refractivity contribution in [2.45, 2.75) is 50.7 Å². The summed E-state index contributed by atoms with van der Waals surface area (Å²) in [4.78, 5) is 0. The Morgan fingerprint density at radius 1 is 1.54 bits per heavy atom. The maximum Gasteiger partial charge on any atom is 0.0577 e. The molecule has 0 aromatic carbocycles. The van der Waals surface area contributed by atoms with E-state index in [-0.39, 0.29) is 6.10 Å². The Balaban J connectivity index is 1.99. The van der Waals surface area contributed by atoms with Gasteiger partial charge in [0.05, 0.1) is 12.2 Å². The fourth-order valence-electron chi connectivity index (χ4n) is 1.70. The molecule has 0 aromatic heterocycles. The minimum atomic E-state index is -0.165. The van der Waals surface area contributed by atoms with Crippen LogP contribution in [0.15, 0.2) is 12.7 Å². The lowest BCUT2D eigenvalue weighted by Crippen LogP contribution is -2.12.